The van der Waals surface area contributed by atoms with E-state index >= 15 is 4.39 Å². The first-order valence-corrected chi connectivity index (χ1v) is 15.7. The highest BCUT2D eigenvalue weighted by atomic mass is 19.1. The van der Waals surface area contributed by atoms with E-state index in [4.69, 9.17) is 25.6 Å². The lowest BCUT2D eigenvalue weighted by Crippen LogP contribution is -2.46. The van der Waals surface area contributed by atoms with E-state index in [1.54, 1.807) is 0 Å². The second kappa shape index (κ2) is 12.2. The van der Waals surface area contributed by atoms with Crippen molar-refractivity contribution in [2.75, 3.05) is 51.5 Å². The van der Waals surface area contributed by atoms with Gasteiger partial charge in [0.15, 0.2) is 5.82 Å². The maximum absolute atomic E-state index is 17.0. The molecule has 0 spiro atoms. The van der Waals surface area contributed by atoms with Crippen LogP contribution in [0, 0.1) is 24.0 Å². The molecule has 0 unspecified atom stereocenters. The zero-order chi connectivity index (χ0) is 32.9. The molecule has 1 N–H and O–H groups in total. The van der Waals surface area contributed by atoms with Crippen molar-refractivity contribution in [1.29, 1.82) is 0 Å². The summed E-state index contributed by atoms with van der Waals surface area (Å²) in [5, 5.41) is 11.5. The maximum atomic E-state index is 17.0. The van der Waals surface area contributed by atoms with Gasteiger partial charge in [-0.05, 0) is 55.5 Å². The van der Waals surface area contributed by atoms with E-state index in [0.717, 1.165) is 12.8 Å². The molecule has 0 radical (unpaired) electrons. The number of likely N-dealkylation sites (tertiary alicyclic amines) is 1. The standard InChI is InChI=1S/C35H34F3N5O4/c1-4-9-35(14-20(15-36)16-42(35)3)19-47-34-40-31-28-32(41-34)43-10-6-11-45-17-22(43)18-46-33(28)39-30(29(31)38)25-13-23(44)12-21-7-8-26(37)24(5-2)27(21)25/h2,7-8,12-13,15,22,44H,4,6,9-11,14,16-19H2,1,3H3/b20-15+/t22-,35-/m0/s1. The van der Waals surface area contributed by atoms with Crippen LogP contribution in [0.1, 0.15) is 38.2 Å². The van der Waals surface area contributed by atoms with Gasteiger partial charge in [-0.2, -0.15) is 9.97 Å². The minimum Gasteiger partial charge on any atom is -0.508 e. The number of phenols is 1. The van der Waals surface area contributed by atoms with Gasteiger partial charge in [0.2, 0.25) is 5.88 Å². The molecule has 7 rings (SSSR count). The molecule has 0 aliphatic carbocycles. The number of hydrogen-bond acceptors (Lipinski definition) is 9. The van der Waals surface area contributed by atoms with Crippen LogP contribution in [0.15, 0.2) is 36.2 Å². The fraction of sp³-hybridized carbons (Fsp3) is 0.400. The Morgan fingerprint density at radius 1 is 1.19 bits per heavy atom. The SMILES string of the molecule is C#Cc1c(F)ccc2cc(O)cc(-c3nc4c5c(nc(OC[C@]6(CCC)C/C(=C\F)CN6C)nc5c3F)N3CCCOC[C@H]3CO4)c12. The quantitative estimate of drug-likeness (QED) is 0.257. The van der Waals surface area contributed by atoms with Crippen LogP contribution in [0.4, 0.5) is 19.0 Å². The van der Waals surface area contributed by atoms with E-state index in [0.29, 0.717) is 62.3 Å². The Hall–Kier alpha value is -4.60. The number of ether oxygens (including phenoxy) is 3. The molecule has 4 aromatic rings. The van der Waals surface area contributed by atoms with Crippen molar-refractivity contribution in [2.24, 2.45) is 0 Å². The molecule has 47 heavy (non-hydrogen) atoms. The van der Waals surface area contributed by atoms with E-state index in [-0.39, 0.29) is 70.0 Å². The predicted octanol–water partition coefficient (Wildman–Crippen LogP) is 5.90. The van der Waals surface area contributed by atoms with Gasteiger partial charge in [-0.1, -0.05) is 25.3 Å². The molecular weight excluding hydrogens is 611 g/mol. The number of rotatable bonds is 6. The van der Waals surface area contributed by atoms with Crippen LogP contribution < -0.4 is 14.4 Å². The molecule has 0 saturated carbocycles. The van der Waals surface area contributed by atoms with Gasteiger partial charge < -0.3 is 24.2 Å². The Kier molecular flexibility index (Phi) is 8.06. The summed E-state index contributed by atoms with van der Waals surface area (Å²) >= 11 is 0. The summed E-state index contributed by atoms with van der Waals surface area (Å²) in [5.41, 5.74) is -0.171. The molecule has 5 heterocycles. The molecule has 0 amide bonds. The van der Waals surface area contributed by atoms with E-state index in [9.17, 15) is 13.9 Å². The van der Waals surface area contributed by atoms with Gasteiger partial charge in [0.25, 0.3) is 0 Å². The van der Waals surface area contributed by atoms with Gasteiger partial charge in [-0.3, -0.25) is 4.90 Å². The van der Waals surface area contributed by atoms with Crippen LogP contribution in [0.5, 0.6) is 17.6 Å². The first-order chi connectivity index (χ1) is 22.8. The molecular formula is C35H34F3N5O4. The predicted molar refractivity (Wildman–Crippen MR) is 171 cm³/mol. The van der Waals surface area contributed by atoms with Gasteiger partial charge in [0.1, 0.15) is 47.2 Å². The topological polar surface area (TPSA) is 93.1 Å². The van der Waals surface area contributed by atoms with E-state index < -0.39 is 17.2 Å². The Bertz CT molecular complexity index is 1960. The Balaban J connectivity index is 1.44. The van der Waals surface area contributed by atoms with Crippen LogP contribution >= 0.6 is 0 Å². The summed E-state index contributed by atoms with van der Waals surface area (Å²) in [4.78, 5) is 18.1. The molecule has 2 atom stereocenters. The molecule has 0 bridgehead atoms. The Morgan fingerprint density at radius 2 is 2.04 bits per heavy atom. The van der Waals surface area contributed by atoms with Crippen molar-refractivity contribution in [1.82, 2.24) is 19.9 Å². The number of aromatic nitrogens is 3. The summed E-state index contributed by atoms with van der Waals surface area (Å²) in [6, 6.07) is 5.07. The molecule has 12 heteroatoms. The number of terminal acetylenes is 1. The molecule has 2 saturated heterocycles. The second-order valence-corrected chi connectivity index (χ2v) is 12.4. The molecule has 3 aliphatic heterocycles. The third-order valence-corrected chi connectivity index (χ3v) is 9.43. The molecule has 3 aliphatic rings. The number of aromatic hydroxyl groups is 1. The van der Waals surface area contributed by atoms with Crippen molar-refractivity contribution in [3.63, 3.8) is 0 Å². The average molecular weight is 646 g/mol. The first-order valence-electron chi connectivity index (χ1n) is 15.7. The fourth-order valence-corrected chi connectivity index (χ4v) is 7.17. The second-order valence-electron chi connectivity index (χ2n) is 12.4. The largest absolute Gasteiger partial charge is 0.508 e. The van der Waals surface area contributed by atoms with Crippen LogP contribution in [0.3, 0.4) is 0 Å². The van der Waals surface area contributed by atoms with Crippen molar-refractivity contribution in [3.8, 4) is 41.2 Å². The van der Waals surface area contributed by atoms with Crippen molar-refractivity contribution >= 4 is 27.5 Å². The van der Waals surface area contributed by atoms with Gasteiger partial charge in [-0.15, -0.1) is 6.42 Å². The minimum atomic E-state index is -0.839. The number of fused-ring (bicyclic) bond motifs is 3. The van der Waals surface area contributed by atoms with Crippen LogP contribution in [0.2, 0.25) is 0 Å². The van der Waals surface area contributed by atoms with Crippen LogP contribution in [-0.2, 0) is 4.74 Å². The summed E-state index contributed by atoms with van der Waals surface area (Å²) in [7, 11) is 1.93. The smallest absolute Gasteiger partial charge is 0.319 e. The highest BCUT2D eigenvalue weighted by Gasteiger charge is 2.42. The van der Waals surface area contributed by atoms with Crippen molar-refractivity contribution in [3.05, 3.63) is 53.4 Å². The molecule has 2 aromatic carbocycles. The molecule has 2 aromatic heterocycles. The lowest BCUT2D eigenvalue weighted by atomic mass is 9.91. The van der Waals surface area contributed by atoms with E-state index in [1.165, 1.54) is 24.3 Å². The number of likely N-dealkylation sites (N-methyl/N-ethyl adjacent to an activating group) is 1. The summed E-state index contributed by atoms with van der Waals surface area (Å²) < 4.78 is 63.9. The van der Waals surface area contributed by atoms with E-state index in [1.807, 2.05) is 11.9 Å². The number of pyridine rings is 1. The average Bonchev–Trinajstić information content (AvgIpc) is 3.18. The van der Waals surface area contributed by atoms with Crippen LogP contribution in [-0.4, -0.2) is 83.1 Å². The number of nitrogens with zero attached hydrogens (tertiary/aromatic N) is 5. The number of phenolic OH excluding ortho intramolecular Hbond substituents is 1. The van der Waals surface area contributed by atoms with Gasteiger partial charge in [-0.25, -0.2) is 18.2 Å². The minimum absolute atomic E-state index is 0.0574. The number of benzene rings is 2. The molecule has 2 fully saturated rings. The maximum Gasteiger partial charge on any atom is 0.319 e. The highest BCUT2D eigenvalue weighted by Crippen LogP contribution is 2.44. The van der Waals surface area contributed by atoms with Gasteiger partial charge in [0, 0.05) is 30.6 Å². The summed E-state index contributed by atoms with van der Waals surface area (Å²) in [6.45, 7) is 4.33. The monoisotopic (exact) mass is 645 g/mol. The third kappa shape index (κ3) is 5.27. The zero-order valence-electron chi connectivity index (χ0n) is 26.2. The zero-order valence-corrected chi connectivity index (χ0v) is 26.2. The number of anilines is 1. The summed E-state index contributed by atoms with van der Waals surface area (Å²) in [5.74, 6) is 1.15. The highest BCUT2D eigenvalue weighted by molar-refractivity contribution is 6.04. The Labute approximate surface area is 270 Å². The van der Waals surface area contributed by atoms with Gasteiger partial charge in [0.05, 0.1) is 30.1 Å². The normalized spacial score (nSPS) is 22.2. The van der Waals surface area contributed by atoms with Gasteiger partial charge >= 0.3 is 6.01 Å². The molecule has 9 nitrogen and oxygen atoms in total. The number of halogens is 3. The Morgan fingerprint density at radius 3 is 2.81 bits per heavy atom. The summed E-state index contributed by atoms with van der Waals surface area (Å²) in [6.07, 6.45) is 9.14. The number of hydrogen-bond donors (Lipinski definition) is 1. The lowest BCUT2D eigenvalue weighted by Gasteiger charge is -2.35. The lowest BCUT2D eigenvalue weighted by molar-refractivity contribution is 0.0829. The van der Waals surface area contributed by atoms with Crippen LogP contribution in [0.25, 0.3) is 32.9 Å². The van der Waals surface area contributed by atoms with Crippen molar-refractivity contribution < 1.29 is 32.5 Å². The molecule has 244 valence electrons. The third-order valence-electron chi connectivity index (χ3n) is 9.43. The van der Waals surface area contributed by atoms with E-state index in [2.05, 4.69) is 27.7 Å². The fourth-order valence-electron chi connectivity index (χ4n) is 7.17. The first kappa shape index (κ1) is 31.0. The van der Waals surface area contributed by atoms with Crippen molar-refractivity contribution in [2.45, 2.75) is 44.2 Å².